The van der Waals surface area contributed by atoms with Gasteiger partial charge in [0, 0.05) is 13.0 Å². The van der Waals surface area contributed by atoms with E-state index in [1.807, 2.05) is 24.3 Å². The predicted molar refractivity (Wildman–Crippen MR) is 77.6 cm³/mol. The molecule has 0 aliphatic carbocycles. The van der Waals surface area contributed by atoms with Crippen LogP contribution in [0, 0.1) is 0 Å². The lowest BCUT2D eigenvalue weighted by atomic mass is 10.1. The second kappa shape index (κ2) is 9.56. The van der Waals surface area contributed by atoms with Crippen molar-refractivity contribution >= 4 is 5.91 Å². The molecule has 0 atom stereocenters. The van der Waals surface area contributed by atoms with Gasteiger partial charge in [0.05, 0.1) is 6.61 Å². The Morgan fingerprint density at radius 1 is 1.16 bits per heavy atom. The van der Waals surface area contributed by atoms with Crippen LogP contribution in [0.5, 0.6) is 0 Å². The maximum atomic E-state index is 11.6. The van der Waals surface area contributed by atoms with E-state index in [-0.39, 0.29) is 12.5 Å². The largest absolute Gasteiger partial charge is 0.392 e. The summed E-state index contributed by atoms with van der Waals surface area (Å²) in [5.74, 6) is 0.117. The molecule has 0 heterocycles. The number of hydrogen-bond acceptors (Lipinski definition) is 2. The molecule has 0 unspecified atom stereocenters. The number of benzene rings is 1. The quantitative estimate of drug-likeness (QED) is 0.672. The maximum absolute atomic E-state index is 11.6. The molecule has 19 heavy (non-hydrogen) atoms. The Bertz CT molecular complexity index is 377. The molecular formula is C16H25NO2. The van der Waals surface area contributed by atoms with Gasteiger partial charge in [-0.3, -0.25) is 4.79 Å². The first-order valence-electron chi connectivity index (χ1n) is 7.21. The SMILES string of the molecule is CCCCCCCC(=O)NCc1cccc(CO)c1. The second-order valence-corrected chi connectivity index (χ2v) is 4.92. The molecule has 0 saturated carbocycles. The average Bonchev–Trinajstić information content (AvgIpc) is 2.45. The van der Waals surface area contributed by atoms with Crippen LogP contribution < -0.4 is 5.32 Å². The molecule has 0 aromatic heterocycles. The summed E-state index contributed by atoms with van der Waals surface area (Å²) in [6.07, 6.45) is 6.44. The van der Waals surface area contributed by atoms with Crippen molar-refractivity contribution in [2.24, 2.45) is 0 Å². The third kappa shape index (κ3) is 6.97. The molecule has 1 aromatic carbocycles. The molecular weight excluding hydrogens is 238 g/mol. The minimum Gasteiger partial charge on any atom is -0.392 e. The van der Waals surface area contributed by atoms with E-state index in [0.717, 1.165) is 24.0 Å². The van der Waals surface area contributed by atoms with Crippen LogP contribution in [0.2, 0.25) is 0 Å². The van der Waals surface area contributed by atoms with E-state index in [1.165, 1.54) is 19.3 Å². The Kier molecular flexibility index (Phi) is 7.91. The molecule has 106 valence electrons. The molecule has 3 nitrogen and oxygen atoms in total. The van der Waals surface area contributed by atoms with Crippen molar-refractivity contribution in [2.75, 3.05) is 0 Å². The normalized spacial score (nSPS) is 10.4. The lowest BCUT2D eigenvalue weighted by Gasteiger charge is -2.06. The maximum Gasteiger partial charge on any atom is 0.220 e. The topological polar surface area (TPSA) is 49.3 Å². The molecule has 0 radical (unpaired) electrons. The second-order valence-electron chi connectivity index (χ2n) is 4.92. The van der Waals surface area contributed by atoms with Crippen LogP contribution in [0.25, 0.3) is 0 Å². The Hall–Kier alpha value is -1.35. The summed E-state index contributed by atoms with van der Waals surface area (Å²) >= 11 is 0. The van der Waals surface area contributed by atoms with Gasteiger partial charge in [0.25, 0.3) is 0 Å². The first-order valence-corrected chi connectivity index (χ1v) is 7.21. The standard InChI is InChI=1S/C16H25NO2/c1-2-3-4-5-6-10-16(19)17-12-14-8-7-9-15(11-14)13-18/h7-9,11,18H,2-6,10,12-13H2,1H3,(H,17,19). The first-order chi connectivity index (χ1) is 9.26. The molecule has 1 rings (SSSR count). The molecule has 0 saturated heterocycles. The van der Waals surface area contributed by atoms with Gasteiger partial charge in [0.1, 0.15) is 0 Å². The number of aliphatic hydroxyl groups is 1. The average molecular weight is 263 g/mol. The molecule has 0 aliphatic rings. The summed E-state index contributed by atoms with van der Waals surface area (Å²) in [6.45, 7) is 2.77. The smallest absolute Gasteiger partial charge is 0.220 e. The third-order valence-corrected chi connectivity index (χ3v) is 3.17. The van der Waals surface area contributed by atoms with Gasteiger partial charge in [-0.25, -0.2) is 0 Å². The zero-order valence-corrected chi connectivity index (χ0v) is 11.8. The highest BCUT2D eigenvalue weighted by molar-refractivity contribution is 5.75. The summed E-state index contributed by atoms with van der Waals surface area (Å²) < 4.78 is 0. The molecule has 2 N–H and O–H groups in total. The zero-order valence-electron chi connectivity index (χ0n) is 11.8. The first kappa shape index (κ1) is 15.7. The Labute approximate surface area is 116 Å². The van der Waals surface area contributed by atoms with Crippen LogP contribution in [-0.2, 0) is 17.9 Å². The fourth-order valence-electron chi connectivity index (χ4n) is 2.02. The van der Waals surface area contributed by atoms with Crippen LogP contribution >= 0.6 is 0 Å². The van der Waals surface area contributed by atoms with E-state index >= 15 is 0 Å². The highest BCUT2D eigenvalue weighted by atomic mass is 16.3. The van der Waals surface area contributed by atoms with Crippen molar-refractivity contribution in [3.63, 3.8) is 0 Å². The lowest BCUT2D eigenvalue weighted by Crippen LogP contribution is -2.22. The third-order valence-electron chi connectivity index (χ3n) is 3.17. The monoisotopic (exact) mass is 263 g/mol. The fourth-order valence-corrected chi connectivity index (χ4v) is 2.02. The van der Waals surface area contributed by atoms with E-state index in [9.17, 15) is 4.79 Å². The van der Waals surface area contributed by atoms with Crippen molar-refractivity contribution in [1.82, 2.24) is 5.32 Å². The minimum atomic E-state index is 0.0409. The van der Waals surface area contributed by atoms with Crippen LogP contribution in [0.3, 0.4) is 0 Å². The summed E-state index contributed by atoms with van der Waals surface area (Å²) in [7, 11) is 0. The number of carbonyl (C=O) groups is 1. The highest BCUT2D eigenvalue weighted by Crippen LogP contribution is 2.07. The molecule has 1 aromatic rings. The Morgan fingerprint density at radius 2 is 1.89 bits per heavy atom. The van der Waals surface area contributed by atoms with E-state index < -0.39 is 0 Å². The molecule has 0 fully saturated rings. The van der Waals surface area contributed by atoms with Gasteiger partial charge in [-0.2, -0.15) is 0 Å². The minimum absolute atomic E-state index is 0.0409. The van der Waals surface area contributed by atoms with E-state index in [0.29, 0.717) is 13.0 Å². The van der Waals surface area contributed by atoms with Gasteiger partial charge in [0.15, 0.2) is 0 Å². The van der Waals surface area contributed by atoms with Crippen LogP contribution in [-0.4, -0.2) is 11.0 Å². The molecule has 0 bridgehead atoms. The number of nitrogens with one attached hydrogen (secondary N) is 1. The number of aliphatic hydroxyl groups excluding tert-OH is 1. The number of hydrogen-bond donors (Lipinski definition) is 2. The number of amides is 1. The van der Waals surface area contributed by atoms with Crippen molar-refractivity contribution in [1.29, 1.82) is 0 Å². The van der Waals surface area contributed by atoms with Crippen molar-refractivity contribution < 1.29 is 9.90 Å². The van der Waals surface area contributed by atoms with Gasteiger partial charge >= 0.3 is 0 Å². The van der Waals surface area contributed by atoms with E-state index in [4.69, 9.17) is 5.11 Å². The van der Waals surface area contributed by atoms with Crippen LogP contribution in [0.15, 0.2) is 24.3 Å². The summed E-state index contributed by atoms with van der Waals surface area (Å²) in [5, 5.41) is 12.0. The van der Waals surface area contributed by atoms with Gasteiger partial charge in [0.2, 0.25) is 5.91 Å². The fraction of sp³-hybridized carbons (Fsp3) is 0.562. The van der Waals surface area contributed by atoms with Crippen molar-refractivity contribution in [2.45, 2.75) is 58.6 Å². The molecule has 0 spiro atoms. The van der Waals surface area contributed by atoms with Gasteiger partial charge < -0.3 is 10.4 Å². The van der Waals surface area contributed by atoms with Crippen LogP contribution in [0.4, 0.5) is 0 Å². The summed E-state index contributed by atoms with van der Waals surface area (Å²) in [6, 6.07) is 7.65. The Morgan fingerprint density at radius 3 is 2.63 bits per heavy atom. The van der Waals surface area contributed by atoms with E-state index in [2.05, 4.69) is 12.2 Å². The van der Waals surface area contributed by atoms with Crippen molar-refractivity contribution in [3.8, 4) is 0 Å². The predicted octanol–water partition coefficient (Wildman–Crippen LogP) is 3.16. The van der Waals surface area contributed by atoms with E-state index in [1.54, 1.807) is 0 Å². The number of carbonyl (C=O) groups excluding carboxylic acids is 1. The number of unbranched alkanes of at least 4 members (excludes halogenated alkanes) is 4. The summed E-state index contributed by atoms with van der Waals surface area (Å²) in [4.78, 5) is 11.6. The number of rotatable bonds is 9. The van der Waals surface area contributed by atoms with Gasteiger partial charge in [-0.1, -0.05) is 56.9 Å². The van der Waals surface area contributed by atoms with Gasteiger partial charge in [-0.05, 0) is 17.5 Å². The van der Waals surface area contributed by atoms with Crippen LogP contribution in [0.1, 0.15) is 56.6 Å². The van der Waals surface area contributed by atoms with Gasteiger partial charge in [-0.15, -0.1) is 0 Å². The molecule has 0 aliphatic heterocycles. The highest BCUT2D eigenvalue weighted by Gasteiger charge is 2.01. The lowest BCUT2D eigenvalue weighted by molar-refractivity contribution is -0.121. The zero-order chi connectivity index (χ0) is 13.9. The molecule has 3 heteroatoms. The Balaban J connectivity index is 2.18. The summed E-state index contributed by atoms with van der Waals surface area (Å²) in [5.41, 5.74) is 1.91. The van der Waals surface area contributed by atoms with Crippen molar-refractivity contribution in [3.05, 3.63) is 35.4 Å². The molecule has 1 amide bonds.